The summed E-state index contributed by atoms with van der Waals surface area (Å²) in [5.74, 6) is 2.38. The Morgan fingerprint density at radius 1 is 1.11 bits per heavy atom. The first-order valence-electron chi connectivity index (χ1n) is 15.0. The molecular formula is C32H35ClN8O3S. The quantitative estimate of drug-likeness (QED) is 0.276. The SMILES string of the molecule is C#Cc1cc(C[C@@H](NC(=O)N2CCC(N3Cc4sccc4NC3=O)CC2)C(=O)N2CCN(c3ccncc3)CC2)cc(Cl)c1N. The lowest BCUT2D eigenvalue weighted by Crippen LogP contribution is -2.58. The number of thiophene rings is 1. The van der Waals surface area contributed by atoms with E-state index in [2.05, 4.69) is 26.4 Å². The first-order chi connectivity index (χ1) is 21.8. The summed E-state index contributed by atoms with van der Waals surface area (Å²) in [5, 5.41) is 8.27. The highest BCUT2D eigenvalue weighted by molar-refractivity contribution is 7.10. The Kier molecular flexibility index (Phi) is 9.00. The van der Waals surface area contributed by atoms with E-state index in [1.54, 1.807) is 45.7 Å². The molecule has 5 heterocycles. The number of nitrogen functional groups attached to an aromatic ring is 1. The fraction of sp³-hybridized carbons (Fsp3) is 0.375. The zero-order chi connectivity index (χ0) is 31.5. The summed E-state index contributed by atoms with van der Waals surface area (Å²) >= 11 is 7.99. The summed E-state index contributed by atoms with van der Waals surface area (Å²) in [6, 6.07) is 8.03. The molecular weight excluding hydrogens is 612 g/mol. The van der Waals surface area contributed by atoms with Gasteiger partial charge in [-0.3, -0.25) is 9.78 Å². The van der Waals surface area contributed by atoms with Crippen LogP contribution >= 0.6 is 22.9 Å². The molecule has 45 heavy (non-hydrogen) atoms. The number of hydrogen-bond donors (Lipinski definition) is 3. The van der Waals surface area contributed by atoms with Gasteiger partial charge in [-0.2, -0.15) is 0 Å². The standard InChI is InChI=1S/C32H35ClN8O3S/c1-2-22-17-21(18-25(33)29(22)34)19-27(30(42)39-14-12-38(13-15-39)23-3-8-35-9-4-23)37-31(43)40-10-5-24(6-11-40)41-20-28-26(7-16-45-28)36-32(41)44/h1,3-4,7-9,16-18,24,27H,5-6,10-15,19-20,34H2,(H,36,44)(H,37,43)/t27-/m1/s1. The van der Waals surface area contributed by atoms with Gasteiger partial charge in [-0.1, -0.05) is 17.5 Å². The van der Waals surface area contributed by atoms with E-state index in [0.717, 1.165) is 16.3 Å². The van der Waals surface area contributed by atoms with E-state index in [9.17, 15) is 14.4 Å². The van der Waals surface area contributed by atoms with E-state index >= 15 is 0 Å². The van der Waals surface area contributed by atoms with Crippen molar-refractivity contribution in [2.45, 2.75) is 37.9 Å². The molecule has 2 aromatic heterocycles. The maximum absolute atomic E-state index is 14.0. The van der Waals surface area contributed by atoms with Crippen molar-refractivity contribution >= 4 is 58.0 Å². The monoisotopic (exact) mass is 646 g/mol. The van der Waals surface area contributed by atoms with Crippen molar-refractivity contribution in [2.24, 2.45) is 0 Å². The van der Waals surface area contributed by atoms with Crippen molar-refractivity contribution in [3.8, 4) is 12.3 Å². The minimum absolute atomic E-state index is 0.0255. The highest BCUT2D eigenvalue weighted by Crippen LogP contribution is 2.31. The third-order valence-electron chi connectivity index (χ3n) is 8.75. The van der Waals surface area contributed by atoms with Gasteiger partial charge in [-0.25, -0.2) is 9.59 Å². The van der Waals surface area contributed by atoms with Crippen LogP contribution < -0.4 is 21.3 Å². The lowest BCUT2D eigenvalue weighted by Gasteiger charge is -2.40. The number of carbonyl (C=O) groups excluding carboxylic acids is 3. The van der Waals surface area contributed by atoms with Crippen molar-refractivity contribution in [1.82, 2.24) is 25.0 Å². The second-order valence-electron chi connectivity index (χ2n) is 11.4. The lowest BCUT2D eigenvalue weighted by atomic mass is 10.0. The van der Waals surface area contributed by atoms with Crippen molar-refractivity contribution in [3.63, 3.8) is 0 Å². The molecule has 0 radical (unpaired) electrons. The topological polar surface area (TPSA) is 127 Å². The summed E-state index contributed by atoms with van der Waals surface area (Å²) in [6.45, 7) is 3.87. The number of nitrogens with two attached hydrogens (primary N) is 1. The number of pyridine rings is 1. The molecule has 2 fully saturated rings. The Balaban J connectivity index is 1.12. The minimum Gasteiger partial charge on any atom is -0.397 e. The zero-order valence-corrected chi connectivity index (χ0v) is 26.3. The highest BCUT2D eigenvalue weighted by atomic mass is 35.5. The average molecular weight is 647 g/mol. The van der Waals surface area contributed by atoms with Gasteiger partial charge < -0.3 is 36.0 Å². The van der Waals surface area contributed by atoms with Crippen molar-refractivity contribution in [2.75, 3.05) is 55.2 Å². The minimum atomic E-state index is -0.835. The summed E-state index contributed by atoms with van der Waals surface area (Å²) in [7, 11) is 0. The number of piperidine rings is 1. The van der Waals surface area contributed by atoms with Crippen LogP contribution in [0.15, 0.2) is 48.1 Å². The molecule has 3 aliphatic heterocycles. The van der Waals surface area contributed by atoms with Crippen LogP contribution in [-0.4, -0.2) is 89.0 Å². The second kappa shape index (κ2) is 13.3. The predicted molar refractivity (Wildman–Crippen MR) is 176 cm³/mol. The van der Waals surface area contributed by atoms with Gasteiger partial charge in [0.1, 0.15) is 6.04 Å². The Hall–Kier alpha value is -4.47. The number of benzene rings is 1. The van der Waals surface area contributed by atoms with Crippen molar-refractivity contribution < 1.29 is 14.4 Å². The number of aromatic nitrogens is 1. The molecule has 4 N–H and O–H groups in total. The Labute approximate surface area is 271 Å². The molecule has 234 valence electrons. The van der Waals surface area contributed by atoms with Crippen molar-refractivity contribution in [3.05, 3.63) is 69.1 Å². The van der Waals surface area contributed by atoms with Gasteiger partial charge in [0.2, 0.25) is 5.91 Å². The maximum atomic E-state index is 14.0. The molecule has 5 amide bonds. The first-order valence-corrected chi connectivity index (χ1v) is 16.2. The number of carbonyl (C=O) groups is 3. The van der Waals surface area contributed by atoms with Crippen LogP contribution in [0.25, 0.3) is 0 Å². The maximum Gasteiger partial charge on any atom is 0.322 e. The first kappa shape index (κ1) is 30.6. The van der Waals surface area contributed by atoms with Crippen LogP contribution in [0.1, 0.15) is 28.8 Å². The average Bonchev–Trinajstić information content (AvgIpc) is 3.53. The normalized spacial score (nSPS) is 17.7. The third kappa shape index (κ3) is 6.65. The molecule has 0 bridgehead atoms. The summed E-state index contributed by atoms with van der Waals surface area (Å²) in [5.41, 5.74) is 9.43. The van der Waals surface area contributed by atoms with E-state index in [1.807, 2.05) is 28.5 Å². The van der Waals surface area contributed by atoms with Gasteiger partial charge >= 0.3 is 12.1 Å². The molecule has 11 nitrogen and oxygen atoms in total. The second-order valence-corrected chi connectivity index (χ2v) is 12.8. The molecule has 3 aliphatic rings. The molecule has 1 atom stereocenters. The fourth-order valence-corrected chi connectivity index (χ4v) is 7.28. The van der Waals surface area contributed by atoms with E-state index in [0.29, 0.717) is 80.5 Å². The number of hydrogen-bond acceptors (Lipinski definition) is 7. The van der Waals surface area contributed by atoms with Crippen LogP contribution in [0.3, 0.4) is 0 Å². The fourth-order valence-electron chi connectivity index (χ4n) is 6.21. The van der Waals surface area contributed by atoms with Gasteiger partial charge in [0.05, 0.1) is 22.9 Å². The number of piperazine rings is 1. The Morgan fingerprint density at radius 3 is 2.56 bits per heavy atom. The molecule has 3 aromatic rings. The molecule has 0 saturated carbocycles. The van der Waals surface area contributed by atoms with E-state index in [4.69, 9.17) is 23.8 Å². The number of amides is 5. The number of nitrogens with one attached hydrogen (secondary N) is 2. The van der Waals surface area contributed by atoms with Crippen LogP contribution in [0.5, 0.6) is 0 Å². The largest absolute Gasteiger partial charge is 0.397 e. The number of terminal acetylenes is 1. The summed E-state index contributed by atoms with van der Waals surface area (Å²) < 4.78 is 0. The zero-order valence-electron chi connectivity index (χ0n) is 24.7. The molecule has 6 rings (SSSR count). The molecule has 0 spiro atoms. The predicted octanol–water partition coefficient (Wildman–Crippen LogP) is 3.84. The number of halogens is 1. The number of anilines is 3. The van der Waals surface area contributed by atoms with Crippen LogP contribution in [0, 0.1) is 12.3 Å². The summed E-state index contributed by atoms with van der Waals surface area (Å²) in [4.78, 5) is 53.1. The third-order valence-corrected chi connectivity index (χ3v) is 9.97. The van der Waals surface area contributed by atoms with E-state index in [1.165, 1.54) is 0 Å². The number of nitrogens with zero attached hydrogens (tertiary/aromatic N) is 5. The van der Waals surface area contributed by atoms with Crippen molar-refractivity contribution in [1.29, 1.82) is 0 Å². The number of urea groups is 2. The number of likely N-dealkylation sites (tertiary alicyclic amines) is 1. The van der Waals surface area contributed by atoms with Gasteiger partial charge in [0.15, 0.2) is 0 Å². The van der Waals surface area contributed by atoms with Gasteiger partial charge in [0, 0.05) is 80.3 Å². The van der Waals surface area contributed by atoms with Crippen LogP contribution in [0.4, 0.5) is 26.7 Å². The molecule has 0 unspecified atom stereocenters. The van der Waals surface area contributed by atoms with E-state index in [-0.39, 0.29) is 30.4 Å². The van der Waals surface area contributed by atoms with Gasteiger partial charge in [-0.05, 0) is 54.1 Å². The van der Waals surface area contributed by atoms with Gasteiger partial charge in [-0.15, -0.1) is 17.8 Å². The van der Waals surface area contributed by atoms with E-state index < -0.39 is 6.04 Å². The Bertz CT molecular complexity index is 1610. The van der Waals surface area contributed by atoms with Gasteiger partial charge in [0.25, 0.3) is 0 Å². The molecule has 0 aliphatic carbocycles. The van der Waals surface area contributed by atoms with Crippen LogP contribution in [0.2, 0.25) is 5.02 Å². The molecule has 1 aromatic carbocycles. The molecule has 2 saturated heterocycles. The number of fused-ring (bicyclic) bond motifs is 1. The Morgan fingerprint density at radius 2 is 1.84 bits per heavy atom. The number of rotatable bonds is 6. The highest BCUT2D eigenvalue weighted by Gasteiger charge is 2.35. The smallest absolute Gasteiger partial charge is 0.322 e. The summed E-state index contributed by atoms with van der Waals surface area (Å²) in [6.07, 6.45) is 10.7. The lowest BCUT2D eigenvalue weighted by molar-refractivity contribution is -0.133. The molecule has 13 heteroatoms. The van der Waals surface area contributed by atoms with Crippen LogP contribution in [-0.2, 0) is 17.8 Å².